The fourth-order valence-corrected chi connectivity index (χ4v) is 15.7. The number of sulfone groups is 1. The van der Waals surface area contributed by atoms with Gasteiger partial charge in [0.2, 0.25) is 5.91 Å². The number of alkyl halides is 1. The van der Waals surface area contributed by atoms with Gasteiger partial charge < -0.3 is 15.3 Å². The highest BCUT2D eigenvalue weighted by atomic mass is 32.2. The number of nitrogens with zero attached hydrogens (tertiary/aromatic N) is 1. The standard InChI is InChI=1S/C42H63FN2O5S/c1-27(2)29-12-19-42(44-24-34(46)45-22-23-51(49,50)26-45)21-20-39(6)31(35(29)42)8-9-33-38(5)15-13-30(37(3,4)32(38)14-16-40(33,39)7)28-10-17-41(25-43,18-11-28)36(47)48/h10,13,29,31-33,35,44H,1,8-9,11-12,14-26H2,2-7H3,(H,47,48)/t29-,31+,32?,33?,35?,38-,39+,40+,41-,42-/m0/s1. The van der Waals surface area contributed by atoms with Gasteiger partial charge in [0, 0.05) is 12.1 Å². The average Bonchev–Trinajstić information content (AvgIpc) is 3.64. The fourth-order valence-electron chi connectivity index (χ4n) is 14.3. The van der Waals surface area contributed by atoms with Crippen molar-refractivity contribution in [2.24, 2.45) is 56.7 Å². The molecule has 5 fully saturated rings. The molecule has 6 aliphatic carbocycles. The van der Waals surface area contributed by atoms with Crippen LogP contribution in [0.25, 0.3) is 0 Å². The molecule has 0 spiro atoms. The summed E-state index contributed by atoms with van der Waals surface area (Å²) >= 11 is 0. The van der Waals surface area contributed by atoms with Crippen LogP contribution in [0.4, 0.5) is 4.39 Å². The van der Waals surface area contributed by atoms with Crippen LogP contribution in [0.3, 0.4) is 0 Å². The van der Waals surface area contributed by atoms with Crippen molar-refractivity contribution in [1.29, 1.82) is 0 Å². The van der Waals surface area contributed by atoms with Crippen molar-refractivity contribution < 1.29 is 27.5 Å². The molecule has 7 rings (SSSR count). The Labute approximate surface area is 306 Å². The fraction of sp³-hybridized carbons (Fsp3) is 0.810. The molecule has 0 radical (unpaired) electrons. The molecule has 2 N–H and O–H groups in total. The molecule has 1 saturated heterocycles. The Bertz CT molecular complexity index is 1670. The Kier molecular flexibility index (Phi) is 8.97. The van der Waals surface area contributed by atoms with Gasteiger partial charge in [-0.1, -0.05) is 58.9 Å². The molecule has 0 aromatic rings. The van der Waals surface area contributed by atoms with E-state index in [1.807, 2.05) is 0 Å². The van der Waals surface area contributed by atoms with Crippen LogP contribution >= 0.6 is 0 Å². The van der Waals surface area contributed by atoms with Gasteiger partial charge in [-0.05, 0) is 146 Å². The molecule has 1 amide bonds. The number of halogens is 1. The number of allylic oxidation sites excluding steroid dienone is 5. The number of carbonyl (C=O) groups excluding carboxylic acids is 1. The van der Waals surface area contributed by atoms with Crippen molar-refractivity contribution in [3.8, 4) is 0 Å². The monoisotopic (exact) mass is 726 g/mol. The maximum atomic E-state index is 14.0. The summed E-state index contributed by atoms with van der Waals surface area (Å²) in [7, 11) is -3.18. The highest BCUT2D eigenvalue weighted by Crippen LogP contribution is 2.76. The van der Waals surface area contributed by atoms with E-state index in [1.165, 1.54) is 40.9 Å². The lowest BCUT2D eigenvalue weighted by Gasteiger charge is -2.72. The molecule has 1 heterocycles. The third-order valence-electron chi connectivity index (χ3n) is 17.3. The van der Waals surface area contributed by atoms with E-state index in [4.69, 9.17) is 0 Å². The second kappa shape index (κ2) is 12.3. The van der Waals surface area contributed by atoms with E-state index in [1.54, 1.807) is 0 Å². The average molecular weight is 727 g/mol. The lowest BCUT2D eigenvalue weighted by molar-refractivity contribution is -0.221. The smallest absolute Gasteiger partial charge is 0.312 e. The summed E-state index contributed by atoms with van der Waals surface area (Å²) in [6.07, 6.45) is 15.8. The van der Waals surface area contributed by atoms with Gasteiger partial charge in [0.1, 0.15) is 12.6 Å². The van der Waals surface area contributed by atoms with Gasteiger partial charge in [-0.25, -0.2) is 12.8 Å². The van der Waals surface area contributed by atoms with Crippen molar-refractivity contribution >= 4 is 21.7 Å². The second-order valence-corrected chi connectivity index (χ2v) is 21.8. The first-order valence-corrected chi connectivity index (χ1v) is 21.7. The van der Waals surface area contributed by atoms with Crippen molar-refractivity contribution in [3.05, 3.63) is 35.5 Å². The molecular weight excluding hydrogens is 664 g/mol. The zero-order valence-corrected chi connectivity index (χ0v) is 32.9. The zero-order valence-electron chi connectivity index (χ0n) is 32.1. The summed E-state index contributed by atoms with van der Waals surface area (Å²) in [5.74, 6) is 1.21. The first kappa shape index (κ1) is 37.3. The van der Waals surface area contributed by atoms with E-state index in [0.717, 1.165) is 38.5 Å². The molecule has 51 heavy (non-hydrogen) atoms. The number of fused-ring (bicyclic) bond motifs is 7. The number of rotatable bonds is 7. The molecule has 7 aliphatic rings. The summed E-state index contributed by atoms with van der Waals surface area (Å²) in [6, 6.07) is 0. The van der Waals surface area contributed by atoms with Crippen LogP contribution < -0.4 is 5.32 Å². The number of aliphatic carboxylic acids is 1. The van der Waals surface area contributed by atoms with Gasteiger partial charge in [-0.3, -0.25) is 9.59 Å². The van der Waals surface area contributed by atoms with Crippen LogP contribution in [-0.4, -0.2) is 67.2 Å². The summed E-state index contributed by atoms with van der Waals surface area (Å²) in [6.45, 7) is 19.1. The summed E-state index contributed by atoms with van der Waals surface area (Å²) in [5.41, 5.74) is 2.86. The minimum absolute atomic E-state index is 0.0554. The molecule has 7 nitrogen and oxygen atoms in total. The van der Waals surface area contributed by atoms with Crippen LogP contribution in [-0.2, 0) is 19.4 Å². The Morgan fingerprint density at radius 2 is 1.71 bits per heavy atom. The third-order valence-corrected chi connectivity index (χ3v) is 18.8. The Balaban J connectivity index is 1.16. The SMILES string of the molecule is C=C(C)[C@@H]1CC[C@]2(NCC(=O)N3CCS(=O)(=O)C3)CC[C@]3(C)[C@H](CCC4[C@@]5(C)CC=C(C6=CC[C@](CF)(C(=O)O)CC6)C(C)(C)C5CC[C@]43C)C12. The molecule has 1 aliphatic heterocycles. The van der Waals surface area contributed by atoms with Crippen LogP contribution in [0.5, 0.6) is 0 Å². The van der Waals surface area contributed by atoms with Gasteiger partial charge in [0.25, 0.3) is 0 Å². The Morgan fingerprint density at radius 1 is 0.961 bits per heavy atom. The van der Waals surface area contributed by atoms with Crippen molar-refractivity contribution in [1.82, 2.24) is 10.2 Å². The molecule has 3 unspecified atom stereocenters. The highest BCUT2D eigenvalue weighted by molar-refractivity contribution is 7.91. The van der Waals surface area contributed by atoms with Crippen molar-refractivity contribution in [2.75, 3.05) is 31.4 Å². The molecule has 284 valence electrons. The van der Waals surface area contributed by atoms with Gasteiger partial charge in [0.15, 0.2) is 9.84 Å². The number of amides is 1. The van der Waals surface area contributed by atoms with E-state index < -0.39 is 27.9 Å². The predicted octanol–water partition coefficient (Wildman–Crippen LogP) is 7.89. The van der Waals surface area contributed by atoms with Gasteiger partial charge in [-0.2, -0.15) is 0 Å². The normalized spacial score (nSPS) is 45.4. The minimum atomic E-state index is -3.18. The third kappa shape index (κ3) is 5.41. The molecule has 4 saturated carbocycles. The Hall–Kier alpha value is -2.00. The molecule has 9 heteroatoms. The van der Waals surface area contributed by atoms with Crippen molar-refractivity contribution in [2.45, 2.75) is 124 Å². The van der Waals surface area contributed by atoms with Crippen LogP contribution in [0.2, 0.25) is 0 Å². The van der Waals surface area contributed by atoms with Crippen LogP contribution in [0.15, 0.2) is 35.5 Å². The first-order chi connectivity index (χ1) is 23.8. The quantitative estimate of drug-likeness (QED) is 0.259. The summed E-state index contributed by atoms with van der Waals surface area (Å²) in [4.78, 5) is 26.8. The van der Waals surface area contributed by atoms with Crippen LogP contribution in [0, 0.1) is 56.7 Å². The first-order valence-electron chi connectivity index (χ1n) is 19.9. The van der Waals surface area contributed by atoms with Gasteiger partial charge in [0.05, 0.1) is 17.7 Å². The zero-order chi connectivity index (χ0) is 37.0. The molecule has 10 atom stereocenters. The lowest BCUT2D eigenvalue weighted by atomic mass is 9.33. The van der Waals surface area contributed by atoms with E-state index in [0.29, 0.717) is 49.0 Å². The number of hydrogen-bond acceptors (Lipinski definition) is 5. The molecule has 0 aromatic heterocycles. The van der Waals surface area contributed by atoms with Gasteiger partial charge in [-0.15, -0.1) is 0 Å². The Morgan fingerprint density at radius 3 is 2.31 bits per heavy atom. The lowest BCUT2D eigenvalue weighted by Crippen LogP contribution is -2.68. The van der Waals surface area contributed by atoms with Crippen molar-refractivity contribution in [3.63, 3.8) is 0 Å². The number of carboxylic acid groups (broad SMARTS) is 1. The highest BCUT2D eigenvalue weighted by Gasteiger charge is 2.70. The predicted molar refractivity (Wildman–Crippen MR) is 199 cm³/mol. The topological polar surface area (TPSA) is 104 Å². The maximum absolute atomic E-state index is 14.0. The van der Waals surface area contributed by atoms with Gasteiger partial charge >= 0.3 is 5.97 Å². The number of carboxylic acids is 1. The largest absolute Gasteiger partial charge is 0.481 e. The van der Waals surface area contributed by atoms with E-state index >= 15 is 0 Å². The van der Waals surface area contributed by atoms with E-state index in [9.17, 15) is 27.5 Å². The molecular formula is C42H63FN2O5S. The number of carbonyl (C=O) groups is 2. The summed E-state index contributed by atoms with van der Waals surface area (Å²) in [5, 5.41) is 13.6. The number of hydrogen-bond donors (Lipinski definition) is 2. The second-order valence-electron chi connectivity index (χ2n) is 19.6. The van der Waals surface area contributed by atoms with Crippen LogP contribution in [0.1, 0.15) is 119 Å². The number of nitrogens with one attached hydrogen (secondary N) is 1. The maximum Gasteiger partial charge on any atom is 0.312 e. The summed E-state index contributed by atoms with van der Waals surface area (Å²) < 4.78 is 38.2. The van der Waals surface area contributed by atoms with E-state index in [2.05, 4.69) is 65.6 Å². The molecule has 0 aromatic carbocycles. The minimum Gasteiger partial charge on any atom is -0.481 e. The molecule has 0 bridgehead atoms. The van der Waals surface area contributed by atoms with E-state index in [-0.39, 0.29) is 57.7 Å².